The normalized spacial score (nSPS) is 13.2. The molecule has 17 aromatic rings. The topological polar surface area (TPSA) is 716 Å². The maximum absolute atomic E-state index is 12.1. The number of sulfonamides is 5. The first-order chi connectivity index (χ1) is 70.9. The van der Waals surface area contributed by atoms with Crippen LogP contribution in [0.4, 0.5) is 0 Å². The number of nitrogens with two attached hydrogens (primary N) is 5. The molecule has 0 amide bonds. The Bertz CT molecular complexity index is 7840. The van der Waals surface area contributed by atoms with Gasteiger partial charge in [0.15, 0.2) is 12.5 Å². The third kappa shape index (κ3) is 28.0. The van der Waals surface area contributed by atoms with Gasteiger partial charge in [0.2, 0.25) is 79.2 Å². The van der Waals surface area contributed by atoms with Crippen molar-refractivity contribution in [1.82, 2.24) is 144 Å². The van der Waals surface area contributed by atoms with Crippen molar-refractivity contribution in [3.05, 3.63) is 294 Å². The molecule has 0 atom stereocenters. The maximum Gasteiger partial charge on any atom is 0.238 e. The number of aliphatic imine (C=N–C) groups is 2. The number of allylic oxidation sites excluding steroid dienone is 1. The second kappa shape index (κ2) is 47.7. The van der Waals surface area contributed by atoms with Crippen LogP contribution in [0.15, 0.2) is 306 Å². The van der Waals surface area contributed by atoms with Crippen molar-refractivity contribution in [3.63, 3.8) is 0 Å². The summed E-state index contributed by atoms with van der Waals surface area (Å²) in [6, 6.07) is 69.6. The van der Waals surface area contributed by atoms with Crippen LogP contribution in [0.25, 0.3) is 113 Å². The molecule has 3 aliphatic rings. The summed E-state index contributed by atoms with van der Waals surface area (Å²) in [5, 5.41) is 125. The Morgan fingerprint density at radius 1 is 0.367 bits per heavy atom. The molecule has 147 heavy (non-hydrogen) atoms. The van der Waals surface area contributed by atoms with E-state index in [0.717, 1.165) is 133 Å². The van der Waals surface area contributed by atoms with Crippen LogP contribution < -0.4 is 52.3 Å². The van der Waals surface area contributed by atoms with Gasteiger partial charge in [-0.05, 0) is 183 Å². The van der Waals surface area contributed by atoms with Crippen LogP contribution in [0.3, 0.4) is 0 Å². The number of rotatable bonds is 38. The highest BCUT2D eigenvalue weighted by molar-refractivity contribution is 7.90. The third-order valence-corrected chi connectivity index (χ3v) is 28.3. The molecule has 10 aromatic carbocycles. The van der Waals surface area contributed by atoms with Gasteiger partial charge in [0.1, 0.15) is 0 Å². The molecule has 20 rings (SSSR count). The summed E-state index contributed by atoms with van der Waals surface area (Å²) in [6.07, 6.45) is 15.0. The molecule has 756 valence electrons. The smallest absolute Gasteiger partial charge is 0.238 e. The number of benzene rings is 10. The zero-order valence-electron chi connectivity index (χ0n) is 78.7. The van der Waals surface area contributed by atoms with Crippen LogP contribution in [0.1, 0.15) is 66.1 Å². The summed E-state index contributed by atoms with van der Waals surface area (Å²) >= 11 is 0. The molecule has 1 fully saturated rings. The second-order valence-electron chi connectivity index (χ2n) is 34.0. The van der Waals surface area contributed by atoms with Gasteiger partial charge in [-0.3, -0.25) is 9.67 Å². The van der Waals surface area contributed by atoms with Crippen molar-refractivity contribution < 1.29 is 42.1 Å². The summed E-state index contributed by atoms with van der Waals surface area (Å²) in [6.45, 7) is 11.1. The van der Waals surface area contributed by atoms with E-state index < -0.39 is 50.1 Å². The number of nitrogens with one attached hydrogen (secondary N) is 11. The van der Waals surface area contributed by atoms with E-state index in [1.807, 2.05) is 175 Å². The van der Waals surface area contributed by atoms with Crippen LogP contribution in [0.5, 0.6) is 0 Å². The second-order valence-corrected chi connectivity index (χ2v) is 41.6. The summed E-state index contributed by atoms with van der Waals surface area (Å²) in [5.74, 6) is 1.53. The Hall–Kier alpha value is -15.9. The summed E-state index contributed by atoms with van der Waals surface area (Å²) in [4.78, 5) is 11.4. The number of aromatic amines is 6. The molecule has 2 aliphatic heterocycles. The molecule has 0 unspecified atom stereocenters. The van der Waals surface area contributed by atoms with Gasteiger partial charge >= 0.3 is 0 Å². The monoisotopic (exact) mass is 2080 g/mol. The number of H-pyrrole nitrogens is 6. The molecule has 21 N–H and O–H groups in total. The SMILES string of the molecule is CC1(CNCc2ccc(-c3cccc(S(N)(=O)=O)c3-c3nn[nH]n3)cc2)CC1.NS(=O)(=O)c1cccc(-c2ccc(CNCC3=NCN=N3)cc2)c1-c1nn[nH]n1.NS(=O)(=O)c1cccc(-c2ccc(CNCCC3=CCC=N3)cc2)c1-c1nn[nH]n1.NS(=O)(=O)c1cccc(-c2ccc(CNCCc3ccc[nH]3)cc2)c1-c1nn[nH]n1.NS(=O)(=O)c1cccc(-c2ccc(CNCCn3cccn3)cc2)c1-c1nn[nH]n1. The lowest BCUT2D eigenvalue weighted by atomic mass is 9.98. The van der Waals surface area contributed by atoms with E-state index in [4.69, 9.17) is 25.7 Å². The number of aromatic nitrogens is 23. The van der Waals surface area contributed by atoms with E-state index in [1.165, 1.54) is 48.9 Å². The van der Waals surface area contributed by atoms with E-state index in [1.54, 1.807) is 48.7 Å². The van der Waals surface area contributed by atoms with Crippen molar-refractivity contribution in [3.8, 4) is 113 Å². The lowest BCUT2D eigenvalue weighted by molar-refractivity contribution is 0.499. The number of tetrazole rings is 5. The number of primary sulfonamides is 5. The van der Waals surface area contributed by atoms with E-state index in [2.05, 4.69) is 179 Å². The number of azo groups is 1. The van der Waals surface area contributed by atoms with Crippen molar-refractivity contribution in [2.45, 2.75) is 103 Å². The first-order valence-electron chi connectivity index (χ1n) is 45.6. The lowest BCUT2D eigenvalue weighted by Gasteiger charge is -2.13. The molecule has 0 bridgehead atoms. The summed E-state index contributed by atoms with van der Waals surface area (Å²) in [7, 11) is -19.8. The minimum absolute atomic E-state index is 0.0326. The van der Waals surface area contributed by atoms with Gasteiger partial charge in [0.05, 0.1) is 65.4 Å². The molecule has 0 radical (unpaired) electrons. The van der Waals surface area contributed by atoms with Gasteiger partial charge in [-0.2, -0.15) is 36.3 Å². The van der Waals surface area contributed by atoms with E-state index in [-0.39, 0.29) is 53.6 Å². The Labute approximate surface area is 843 Å². The molecule has 7 aromatic heterocycles. The largest absolute Gasteiger partial charge is 0.365 e. The Morgan fingerprint density at radius 3 is 0.980 bits per heavy atom. The third-order valence-electron chi connectivity index (χ3n) is 23.5. The number of nitrogens with zero attached hydrogens (tertiary/aromatic N) is 21. The highest BCUT2D eigenvalue weighted by Crippen LogP contribution is 2.45. The average Bonchev–Trinajstić information content (AvgIpc) is 1.47. The number of amidine groups is 1. The highest BCUT2D eigenvalue weighted by atomic mass is 32.2. The van der Waals surface area contributed by atoms with Crippen molar-refractivity contribution in [2.75, 3.05) is 39.4 Å². The Kier molecular flexibility index (Phi) is 33.7. The van der Waals surface area contributed by atoms with Crippen molar-refractivity contribution in [1.29, 1.82) is 0 Å². The van der Waals surface area contributed by atoms with E-state index in [0.29, 0.717) is 93.2 Å². The first kappa shape index (κ1) is 104. The highest BCUT2D eigenvalue weighted by Gasteiger charge is 2.37. The van der Waals surface area contributed by atoms with Crippen LogP contribution in [0, 0.1) is 5.41 Å². The molecular weight excluding hydrogens is 1980 g/mol. The first-order valence-corrected chi connectivity index (χ1v) is 53.4. The van der Waals surface area contributed by atoms with E-state index >= 15 is 0 Å². The van der Waals surface area contributed by atoms with Crippen LogP contribution in [0.2, 0.25) is 0 Å². The minimum atomic E-state index is -3.98. The zero-order chi connectivity index (χ0) is 103. The standard InChI is InChI=1S/2C20H21N7O2S.C19H20N8O2S.C19H22N6O2S.C17H17N9O2S/c2*21-30(28,29)18-5-1-4-17(19(18)20-24-26-27-25-20)15-8-6-14(7-9-15)13-22-12-10-16-3-2-11-23-16;20-30(28,29)17-4-1-3-16(18(17)19-23-25-26-24-19)15-7-5-14(6-8-15)13-21-10-12-27-11-2-9-22-27;1-19(9-10-19)12-21-11-13-5-7-14(8-6-13)15-3-2-4-16(28(20,26)27)17(15)18-22-24-25-23-18;18-29(27,28)14-3-1-2-13(16(14)17-23-25-26-24-17)12-6-4-11(5-7-12)8-19-9-15-20-10-21-22-15/h1,3-9,11,22H,2,10,12-13H2,(H2,21,28,29)(H,24,25,26,27);1-9,11,22-23H,10,12-13H2,(H2,21,28,29)(H,24,25,26,27);1-9,11,21H,10,12-13H2,(H2,20,28,29)(H,23,24,25,26);2-8,21H,9-12H2,1H3,(H2,20,26,27)(H,22,23,24,25);1-7,19H,8-10H2,(H2,18,27,28)(H,23,24,25,26). The summed E-state index contributed by atoms with van der Waals surface area (Å²) in [5.41, 5.74) is 17.4. The van der Waals surface area contributed by atoms with Crippen molar-refractivity contribution >= 4 is 62.2 Å². The molecule has 52 heteroatoms. The maximum atomic E-state index is 12.1. The minimum Gasteiger partial charge on any atom is -0.365 e. The predicted octanol–water partition coefficient (Wildman–Crippen LogP) is 8.19. The van der Waals surface area contributed by atoms with Crippen molar-refractivity contribution in [2.24, 2.45) is 51.3 Å². The Balaban J connectivity index is 0.000000131. The lowest BCUT2D eigenvalue weighted by Crippen LogP contribution is -2.21. The predicted molar refractivity (Wildman–Crippen MR) is 548 cm³/mol. The number of hydrogen-bond donors (Lipinski definition) is 16. The molecule has 1 saturated carbocycles. The van der Waals surface area contributed by atoms with Crippen LogP contribution in [-0.2, 0) is 95.8 Å². The molecule has 9 heterocycles. The molecule has 0 saturated heterocycles. The van der Waals surface area contributed by atoms with Gasteiger partial charge in [-0.15, -0.1) is 56.1 Å². The number of hydrogen-bond acceptors (Lipinski definition) is 35. The van der Waals surface area contributed by atoms with Gasteiger partial charge in [-0.1, -0.05) is 195 Å². The van der Waals surface area contributed by atoms with Crippen LogP contribution >= 0.6 is 0 Å². The van der Waals surface area contributed by atoms with Gasteiger partial charge < -0.3 is 31.6 Å². The average molecular weight is 2080 g/mol. The molecule has 0 spiro atoms. The molecular formula is C95H101N37O10S5. The molecule has 1 aliphatic carbocycles. The van der Waals surface area contributed by atoms with Gasteiger partial charge in [0, 0.05) is 108 Å². The fourth-order valence-corrected chi connectivity index (χ4v) is 19.7. The Morgan fingerprint density at radius 2 is 0.701 bits per heavy atom. The fraction of sp³-hybridized carbons (Fsp3) is 0.200. The van der Waals surface area contributed by atoms with E-state index in [9.17, 15) is 42.1 Å². The van der Waals surface area contributed by atoms with Crippen LogP contribution in [-0.4, -0.2) is 211 Å². The zero-order valence-corrected chi connectivity index (χ0v) is 82.8. The van der Waals surface area contributed by atoms with Gasteiger partial charge in [0.25, 0.3) is 0 Å². The molecule has 47 nitrogen and oxygen atoms in total. The quantitative estimate of drug-likeness (QED) is 0.0162. The fourth-order valence-electron chi connectivity index (χ4n) is 16.0. The van der Waals surface area contributed by atoms with Gasteiger partial charge in [-0.25, -0.2) is 72.8 Å². The summed E-state index contributed by atoms with van der Waals surface area (Å²) < 4.78 is 123.